The molecule has 4 aromatic rings. The molecule has 1 N–H and O–H groups in total. The number of rotatable bonds is 5. The molecule has 0 fully saturated rings. The number of aromatic nitrogens is 2. The zero-order valence-electron chi connectivity index (χ0n) is 19.0. The van der Waals surface area contributed by atoms with Gasteiger partial charge < -0.3 is 14.7 Å². The van der Waals surface area contributed by atoms with Gasteiger partial charge in [-0.1, -0.05) is 41.6 Å². The van der Waals surface area contributed by atoms with Crippen molar-refractivity contribution in [3.05, 3.63) is 99.6 Å². The highest BCUT2D eigenvalue weighted by Gasteiger charge is 2.34. The SMILES string of the molecule is CC1=C(c2nc(-c3cccs3)no2)C(c2ccc(C)c(C)c2)NC(=S)N1Cc1ccc(F)cc1. The minimum absolute atomic E-state index is 0.243. The lowest BCUT2D eigenvalue weighted by Crippen LogP contribution is -2.45. The average Bonchev–Trinajstić information content (AvgIpc) is 3.51. The van der Waals surface area contributed by atoms with Gasteiger partial charge in [-0.15, -0.1) is 11.3 Å². The van der Waals surface area contributed by atoms with Crippen molar-refractivity contribution >= 4 is 34.2 Å². The minimum Gasteiger partial charge on any atom is -0.351 e. The first kappa shape index (κ1) is 22.4. The van der Waals surface area contributed by atoms with Crippen molar-refractivity contribution in [3.63, 3.8) is 0 Å². The third-order valence-electron chi connectivity index (χ3n) is 6.11. The van der Waals surface area contributed by atoms with Crippen LogP contribution in [0.1, 0.15) is 41.1 Å². The first-order chi connectivity index (χ1) is 16.4. The topological polar surface area (TPSA) is 54.2 Å². The standard InChI is InChI=1S/C26H23FN4OS2/c1-15-6-9-19(13-16(15)2)23-22(25-29-24(30-32-25)21-5-4-12-34-21)17(3)31(26(33)28-23)14-18-7-10-20(27)11-8-18/h4-13,23H,14H2,1-3H3,(H,28,33). The van der Waals surface area contributed by atoms with Crippen LogP contribution in [0.25, 0.3) is 16.3 Å². The molecule has 1 atom stereocenters. The summed E-state index contributed by atoms with van der Waals surface area (Å²) in [5.74, 6) is 0.739. The van der Waals surface area contributed by atoms with E-state index in [0.717, 1.165) is 27.3 Å². The highest BCUT2D eigenvalue weighted by Crippen LogP contribution is 2.38. The van der Waals surface area contributed by atoms with E-state index in [4.69, 9.17) is 21.7 Å². The zero-order chi connectivity index (χ0) is 23.8. The normalized spacial score (nSPS) is 16.2. The van der Waals surface area contributed by atoms with Crippen LogP contribution in [0.4, 0.5) is 4.39 Å². The number of thiophene rings is 1. The van der Waals surface area contributed by atoms with Crippen molar-refractivity contribution in [1.82, 2.24) is 20.4 Å². The van der Waals surface area contributed by atoms with Crippen molar-refractivity contribution in [1.29, 1.82) is 0 Å². The van der Waals surface area contributed by atoms with Gasteiger partial charge in [0.25, 0.3) is 5.89 Å². The lowest BCUT2D eigenvalue weighted by atomic mass is 9.92. The molecule has 5 nitrogen and oxygen atoms in total. The monoisotopic (exact) mass is 490 g/mol. The first-order valence-electron chi connectivity index (χ1n) is 10.9. The van der Waals surface area contributed by atoms with Crippen LogP contribution < -0.4 is 5.32 Å². The van der Waals surface area contributed by atoms with Crippen LogP contribution in [0, 0.1) is 19.7 Å². The molecule has 1 aliphatic rings. The lowest BCUT2D eigenvalue weighted by Gasteiger charge is -2.37. The van der Waals surface area contributed by atoms with E-state index in [9.17, 15) is 4.39 Å². The second-order valence-electron chi connectivity index (χ2n) is 8.34. The summed E-state index contributed by atoms with van der Waals surface area (Å²) in [5.41, 5.74) is 6.21. The number of nitrogens with zero attached hydrogens (tertiary/aromatic N) is 3. The summed E-state index contributed by atoms with van der Waals surface area (Å²) >= 11 is 7.34. The van der Waals surface area contributed by atoms with E-state index in [1.807, 2.05) is 29.3 Å². The maximum Gasteiger partial charge on any atom is 0.258 e. The van der Waals surface area contributed by atoms with Crippen LogP contribution in [0.2, 0.25) is 0 Å². The van der Waals surface area contributed by atoms with Crippen molar-refractivity contribution in [2.75, 3.05) is 0 Å². The molecule has 0 saturated heterocycles. The molecule has 2 aromatic carbocycles. The van der Waals surface area contributed by atoms with Gasteiger partial charge in [0.15, 0.2) is 5.11 Å². The number of nitrogens with one attached hydrogen (secondary N) is 1. The van der Waals surface area contributed by atoms with Gasteiger partial charge in [0, 0.05) is 12.2 Å². The van der Waals surface area contributed by atoms with Gasteiger partial charge in [-0.25, -0.2) is 4.39 Å². The van der Waals surface area contributed by atoms with Crippen molar-refractivity contribution < 1.29 is 8.91 Å². The molecule has 1 unspecified atom stereocenters. The number of halogens is 1. The minimum atomic E-state index is -0.266. The number of aryl methyl sites for hydroxylation is 2. The molecular weight excluding hydrogens is 467 g/mol. The summed E-state index contributed by atoms with van der Waals surface area (Å²) < 4.78 is 19.2. The number of hydrogen-bond acceptors (Lipinski definition) is 5. The Bertz CT molecular complexity index is 1380. The second-order valence-corrected chi connectivity index (χ2v) is 9.67. The summed E-state index contributed by atoms with van der Waals surface area (Å²) in [5, 5.41) is 10.3. The third-order valence-corrected chi connectivity index (χ3v) is 7.32. The van der Waals surface area contributed by atoms with Crippen LogP contribution in [0.3, 0.4) is 0 Å². The quantitative estimate of drug-likeness (QED) is 0.326. The van der Waals surface area contributed by atoms with E-state index in [-0.39, 0.29) is 11.9 Å². The predicted molar refractivity (Wildman–Crippen MR) is 137 cm³/mol. The average molecular weight is 491 g/mol. The smallest absolute Gasteiger partial charge is 0.258 e. The Morgan fingerprint density at radius 1 is 1.09 bits per heavy atom. The van der Waals surface area contributed by atoms with E-state index in [2.05, 4.69) is 42.5 Å². The van der Waals surface area contributed by atoms with Gasteiger partial charge in [0.2, 0.25) is 5.82 Å². The Hall–Kier alpha value is -3.36. The number of thiocarbonyl (C=S) groups is 1. The Morgan fingerprint density at radius 3 is 2.59 bits per heavy atom. The third kappa shape index (κ3) is 4.26. The van der Waals surface area contributed by atoms with E-state index in [1.165, 1.54) is 23.3 Å². The van der Waals surface area contributed by atoms with E-state index in [0.29, 0.717) is 23.4 Å². The molecule has 8 heteroatoms. The molecule has 172 valence electrons. The van der Waals surface area contributed by atoms with Gasteiger partial charge in [0.1, 0.15) is 5.82 Å². The van der Waals surface area contributed by atoms with Crippen LogP contribution in [-0.4, -0.2) is 20.2 Å². The summed E-state index contributed by atoms with van der Waals surface area (Å²) in [6.45, 7) is 6.69. The molecule has 0 bridgehead atoms. The molecule has 0 spiro atoms. The highest BCUT2D eigenvalue weighted by atomic mass is 32.1. The van der Waals surface area contributed by atoms with E-state index < -0.39 is 0 Å². The van der Waals surface area contributed by atoms with Crippen molar-refractivity contribution in [2.24, 2.45) is 0 Å². The molecule has 0 saturated carbocycles. The molecule has 0 aliphatic carbocycles. The molecule has 1 aliphatic heterocycles. The van der Waals surface area contributed by atoms with Crippen LogP contribution in [0.5, 0.6) is 0 Å². The maximum absolute atomic E-state index is 13.4. The number of benzene rings is 2. The fraction of sp³-hybridized carbons (Fsp3) is 0.192. The fourth-order valence-corrected chi connectivity index (χ4v) is 5.02. The summed E-state index contributed by atoms with van der Waals surface area (Å²) in [6.07, 6.45) is 0. The van der Waals surface area contributed by atoms with Gasteiger partial charge in [-0.3, -0.25) is 0 Å². The Morgan fingerprint density at radius 2 is 1.88 bits per heavy atom. The van der Waals surface area contributed by atoms with Gasteiger partial charge in [0.05, 0.1) is 16.5 Å². The Kier molecular flexibility index (Phi) is 6.02. The van der Waals surface area contributed by atoms with Crippen LogP contribution >= 0.6 is 23.6 Å². The predicted octanol–water partition coefficient (Wildman–Crippen LogP) is 6.42. The molecule has 2 aromatic heterocycles. The summed E-state index contributed by atoms with van der Waals surface area (Å²) in [7, 11) is 0. The maximum atomic E-state index is 13.4. The summed E-state index contributed by atoms with van der Waals surface area (Å²) in [6, 6.07) is 16.5. The largest absolute Gasteiger partial charge is 0.351 e. The van der Waals surface area contributed by atoms with Gasteiger partial charge in [-0.05, 0) is 78.8 Å². The Balaban J connectivity index is 1.60. The first-order valence-corrected chi connectivity index (χ1v) is 12.2. The van der Waals surface area contributed by atoms with Gasteiger partial charge in [-0.2, -0.15) is 4.98 Å². The van der Waals surface area contributed by atoms with E-state index >= 15 is 0 Å². The van der Waals surface area contributed by atoms with Crippen molar-refractivity contribution in [3.8, 4) is 10.7 Å². The number of allylic oxidation sites excluding steroid dienone is 1. The highest BCUT2D eigenvalue weighted by molar-refractivity contribution is 7.80. The van der Waals surface area contributed by atoms with E-state index in [1.54, 1.807) is 23.5 Å². The molecule has 0 radical (unpaired) electrons. The zero-order valence-corrected chi connectivity index (χ0v) is 20.6. The van der Waals surface area contributed by atoms with Crippen LogP contribution in [-0.2, 0) is 6.54 Å². The molecule has 5 rings (SSSR count). The molecule has 3 heterocycles. The molecular formula is C26H23FN4OS2. The van der Waals surface area contributed by atoms with Crippen molar-refractivity contribution in [2.45, 2.75) is 33.4 Å². The Labute approximate surface area is 206 Å². The summed E-state index contributed by atoms with van der Waals surface area (Å²) in [4.78, 5) is 7.67. The van der Waals surface area contributed by atoms with Gasteiger partial charge >= 0.3 is 0 Å². The molecule has 34 heavy (non-hydrogen) atoms. The lowest BCUT2D eigenvalue weighted by molar-refractivity contribution is 0.396. The fourth-order valence-electron chi connectivity index (χ4n) is 4.05. The molecule has 0 amide bonds. The van der Waals surface area contributed by atoms with Crippen LogP contribution in [0.15, 0.2) is 70.2 Å². The number of hydrogen-bond donors (Lipinski definition) is 1. The second kappa shape index (κ2) is 9.12.